The highest BCUT2D eigenvalue weighted by Gasteiger charge is 2.13. The predicted octanol–water partition coefficient (Wildman–Crippen LogP) is 2.67. The first-order valence-corrected chi connectivity index (χ1v) is 6.74. The average molecular weight is 285 g/mol. The largest absolute Gasteiger partial charge is 0.497 e. The molecule has 21 heavy (non-hydrogen) atoms. The normalized spacial score (nSPS) is 11.0. The van der Waals surface area contributed by atoms with E-state index in [1.165, 1.54) is 12.1 Å². The molecular weight excluding hydrogens is 269 g/mol. The van der Waals surface area contributed by atoms with Gasteiger partial charge in [0, 0.05) is 18.6 Å². The van der Waals surface area contributed by atoms with Crippen molar-refractivity contribution in [2.75, 3.05) is 13.7 Å². The van der Waals surface area contributed by atoms with E-state index in [4.69, 9.17) is 10.5 Å². The summed E-state index contributed by atoms with van der Waals surface area (Å²) in [6.45, 7) is 0.482. The maximum atomic E-state index is 13.6. The smallest absolute Gasteiger partial charge is 0.125 e. The van der Waals surface area contributed by atoms with E-state index in [2.05, 4.69) is 4.98 Å². The van der Waals surface area contributed by atoms with E-state index in [-0.39, 0.29) is 5.82 Å². The second-order valence-corrected chi connectivity index (χ2v) is 4.74. The van der Waals surface area contributed by atoms with Crippen LogP contribution >= 0.6 is 0 Å². The van der Waals surface area contributed by atoms with Gasteiger partial charge in [-0.3, -0.25) is 4.57 Å². The molecule has 0 amide bonds. The minimum absolute atomic E-state index is 0.286. The molecule has 1 aromatic heterocycles. The molecule has 5 heteroatoms. The number of rotatable bonds is 4. The van der Waals surface area contributed by atoms with Crippen LogP contribution in [0.1, 0.15) is 5.82 Å². The molecule has 0 unspecified atom stereocenters. The Hall–Kier alpha value is -2.40. The van der Waals surface area contributed by atoms with E-state index in [9.17, 15) is 4.39 Å². The van der Waals surface area contributed by atoms with Crippen molar-refractivity contribution < 1.29 is 9.13 Å². The van der Waals surface area contributed by atoms with Crippen molar-refractivity contribution in [3.63, 3.8) is 0 Å². The third kappa shape index (κ3) is 2.48. The number of fused-ring (bicyclic) bond motifs is 1. The lowest BCUT2D eigenvalue weighted by atomic mass is 10.2. The molecule has 2 aromatic carbocycles. The molecular formula is C16H16FN3O. The van der Waals surface area contributed by atoms with Gasteiger partial charge in [0.1, 0.15) is 17.4 Å². The van der Waals surface area contributed by atoms with Crippen LogP contribution in [0.5, 0.6) is 5.75 Å². The van der Waals surface area contributed by atoms with Crippen molar-refractivity contribution in [3.8, 4) is 11.4 Å². The molecule has 108 valence electrons. The highest BCUT2D eigenvalue weighted by atomic mass is 19.1. The van der Waals surface area contributed by atoms with Crippen molar-refractivity contribution in [2.45, 2.75) is 6.42 Å². The van der Waals surface area contributed by atoms with Crippen molar-refractivity contribution in [1.82, 2.24) is 9.55 Å². The van der Waals surface area contributed by atoms with E-state index in [1.54, 1.807) is 13.2 Å². The molecule has 0 aliphatic rings. The Morgan fingerprint density at radius 1 is 1.24 bits per heavy atom. The second-order valence-electron chi connectivity index (χ2n) is 4.74. The van der Waals surface area contributed by atoms with Gasteiger partial charge in [0.05, 0.1) is 23.8 Å². The van der Waals surface area contributed by atoms with Gasteiger partial charge in [0.25, 0.3) is 0 Å². The fourth-order valence-corrected chi connectivity index (χ4v) is 2.43. The van der Waals surface area contributed by atoms with E-state index in [1.807, 2.05) is 28.8 Å². The Labute approximate surface area is 122 Å². The van der Waals surface area contributed by atoms with Gasteiger partial charge in [-0.25, -0.2) is 9.37 Å². The Morgan fingerprint density at radius 2 is 2.10 bits per heavy atom. The van der Waals surface area contributed by atoms with Gasteiger partial charge in [-0.2, -0.15) is 0 Å². The Bertz CT molecular complexity index is 782. The van der Waals surface area contributed by atoms with Crippen LogP contribution in [0, 0.1) is 5.82 Å². The van der Waals surface area contributed by atoms with Crippen molar-refractivity contribution in [2.24, 2.45) is 5.73 Å². The number of imidazole rings is 1. The summed E-state index contributed by atoms with van der Waals surface area (Å²) in [5.74, 6) is 1.27. The first-order valence-electron chi connectivity index (χ1n) is 6.74. The van der Waals surface area contributed by atoms with Crippen LogP contribution in [0.4, 0.5) is 4.39 Å². The molecule has 0 aliphatic carbocycles. The SMILES string of the molecule is COc1cccc(-n2c(CCN)nc3ccc(F)cc32)c1. The summed E-state index contributed by atoms with van der Waals surface area (Å²) in [6, 6.07) is 12.2. The summed E-state index contributed by atoms with van der Waals surface area (Å²) in [5, 5.41) is 0. The van der Waals surface area contributed by atoms with E-state index in [0.717, 1.165) is 28.3 Å². The van der Waals surface area contributed by atoms with Crippen LogP contribution in [0.25, 0.3) is 16.7 Å². The highest BCUT2D eigenvalue weighted by Crippen LogP contribution is 2.25. The molecule has 0 fully saturated rings. The van der Waals surface area contributed by atoms with Crippen molar-refractivity contribution >= 4 is 11.0 Å². The maximum absolute atomic E-state index is 13.6. The zero-order valence-corrected chi connectivity index (χ0v) is 11.7. The molecule has 3 aromatic rings. The molecule has 0 atom stereocenters. The third-order valence-corrected chi connectivity index (χ3v) is 3.37. The van der Waals surface area contributed by atoms with E-state index >= 15 is 0 Å². The van der Waals surface area contributed by atoms with Crippen LogP contribution in [0.3, 0.4) is 0 Å². The van der Waals surface area contributed by atoms with Gasteiger partial charge in [-0.1, -0.05) is 6.07 Å². The molecule has 0 bridgehead atoms. The summed E-state index contributed by atoms with van der Waals surface area (Å²) in [6.07, 6.45) is 0.619. The molecule has 3 rings (SSSR count). The number of ether oxygens (including phenoxy) is 1. The lowest BCUT2D eigenvalue weighted by molar-refractivity contribution is 0.414. The number of benzene rings is 2. The summed E-state index contributed by atoms with van der Waals surface area (Å²) in [5.41, 5.74) is 8.02. The summed E-state index contributed by atoms with van der Waals surface area (Å²) >= 11 is 0. The zero-order chi connectivity index (χ0) is 14.8. The molecule has 4 nitrogen and oxygen atoms in total. The number of nitrogens with two attached hydrogens (primary N) is 1. The number of methoxy groups -OCH3 is 1. The minimum atomic E-state index is -0.286. The Kier molecular flexibility index (Phi) is 3.58. The number of nitrogens with zero attached hydrogens (tertiary/aromatic N) is 2. The topological polar surface area (TPSA) is 53.1 Å². The van der Waals surface area contributed by atoms with Crippen LogP contribution in [0.2, 0.25) is 0 Å². The summed E-state index contributed by atoms with van der Waals surface area (Å²) < 4.78 is 20.8. The van der Waals surface area contributed by atoms with Crippen molar-refractivity contribution in [1.29, 1.82) is 0 Å². The van der Waals surface area contributed by atoms with Gasteiger partial charge in [0.2, 0.25) is 0 Å². The van der Waals surface area contributed by atoms with Gasteiger partial charge in [-0.05, 0) is 30.8 Å². The first-order chi connectivity index (χ1) is 10.2. The van der Waals surface area contributed by atoms with Crippen LogP contribution < -0.4 is 10.5 Å². The molecule has 2 N–H and O–H groups in total. The number of aromatic nitrogens is 2. The molecule has 0 saturated heterocycles. The van der Waals surface area contributed by atoms with Gasteiger partial charge >= 0.3 is 0 Å². The highest BCUT2D eigenvalue weighted by molar-refractivity contribution is 5.78. The predicted molar refractivity (Wildman–Crippen MR) is 80.3 cm³/mol. The summed E-state index contributed by atoms with van der Waals surface area (Å²) in [7, 11) is 1.62. The number of halogens is 1. The molecule has 0 aliphatic heterocycles. The zero-order valence-electron chi connectivity index (χ0n) is 11.7. The van der Waals surface area contributed by atoms with Crippen LogP contribution in [-0.4, -0.2) is 23.2 Å². The molecule has 1 heterocycles. The quantitative estimate of drug-likeness (QED) is 0.802. The van der Waals surface area contributed by atoms with Gasteiger partial charge < -0.3 is 10.5 Å². The first kappa shape index (κ1) is 13.6. The van der Waals surface area contributed by atoms with E-state index in [0.29, 0.717) is 13.0 Å². The molecule has 0 spiro atoms. The fourth-order valence-electron chi connectivity index (χ4n) is 2.43. The van der Waals surface area contributed by atoms with Crippen LogP contribution in [-0.2, 0) is 6.42 Å². The number of hydrogen-bond acceptors (Lipinski definition) is 3. The molecule has 0 saturated carbocycles. The average Bonchev–Trinajstić information content (AvgIpc) is 2.85. The summed E-state index contributed by atoms with van der Waals surface area (Å²) in [4.78, 5) is 4.55. The van der Waals surface area contributed by atoms with E-state index < -0.39 is 0 Å². The third-order valence-electron chi connectivity index (χ3n) is 3.37. The van der Waals surface area contributed by atoms with Crippen molar-refractivity contribution in [3.05, 3.63) is 54.1 Å². The lowest BCUT2D eigenvalue weighted by Gasteiger charge is -2.10. The standard InChI is InChI=1S/C16H16FN3O/c1-21-13-4-2-3-12(10-13)20-15-9-11(17)5-6-14(15)19-16(20)7-8-18/h2-6,9-10H,7-8,18H2,1H3. The maximum Gasteiger partial charge on any atom is 0.125 e. The van der Waals surface area contributed by atoms with Crippen LogP contribution in [0.15, 0.2) is 42.5 Å². The fraction of sp³-hybridized carbons (Fsp3) is 0.188. The minimum Gasteiger partial charge on any atom is -0.497 e. The Balaban J connectivity index is 2.26. The monoisotopic (exact) mass is 285 g/mol. The van der Waals surface area contributed by atoms with Gasteiger partial charge in [0.15, 0.2) is 0 Å². The Morgan fingerprint density at radius 3 is 2.86 bits per heavy atom. The molecule has 0 radical (unpaired) electrons. The van der Waals surface area contributed by atoms with Gasteiger partial charge in [-0.15, -0.1) is 0 Å². The number of hydrogen-bond donors (Lipinski definition) is 1. The lowest BCUT2D eigenvalue weighted by Crippen LogP contribution is -2.09. The second kappa shape index (κ2) is 5.54.